The van der Waals surface area contributed by atoms with Crippen LogP contribution in [0.25, 0.3) is 11.1 Å². The van der Waals surface area contributed by atoms with E-state index in [-0.39, 0.29) is 11.0 Å². The van der Waals surface area contributed by atoms with Crippen LogP contribution in [0.3, 0.4) is 0 Å². The first kappa shape index (κ1) is 13.7. The zero-order valence-electron chi connectivity index (χ0n) is 11.7. The van der Waals surface area contributed by atoms with E-state index >= 15 is 0 Å². The number of hydrogen-bond donors (Lipinski definition) is 0. The van der Waals surface area contributed by atoms with Crippen LogP contribution in [0.15, 0.2) is 54.6 Å². The van der Waals surface area contributed by atoms with Gasteiger partial charge in [0.05, 0.1) is 5.60 Å². The number of halogens is 1. The van der Waals surface area contributed by atoms with Gasteiger partial charge in [-0.3, -0.25) is 0 Å². The van der Waals surface area contributed by atoms with Gasteiger partial charge >= 0.3 is 0 Å². The molecule has 1 saturated heterocycles. The Kier molecular flexibility index (Phi) is 3.82. The molecule has 2 heteroatoms. The van der Waals surface area contributed by atoms with Gasteiger partial charge in [0.15, 0.2) is 0 Å². The van der Waals surface area contributed by atoms with Crippen molar-refractivity contribution >= 4 is 11.6 Å². The lowest BCUT2D eigenvalue weighted by atomic mass is 9.87. The van der Waals surface area contributed by atoms with Crippen molar-refractivity contribution in [2.24, 2.45) is 0 Å². The summed E-state index contributed by atoms with van der Waals surface area (Å²) >= 11 is 6.30. The summed E-state index contributed by atoms with van der Waals surface area (Å²) in [5.74, 6) is 0. The monoisotopic (exact) mass is 286 g/mol. The van der Waals surface area contributed by atoms with Gasteiger partial charge in [-0.1, -0.05) is 54.6 Å². The van der Waals surface area contributed by atoms with Crippen LogP contribution in [0.2, 0.25) is 0 Å². The third-order valence-electron chi connectivity index (χ3n) is 4.07. The lowest BCUT2D eigenvalue weighted by Crippen LogP contribution is -2.35. The predicted octanol–water partition coefficient (Wildman–Crippen LogP) is 4.99. The highest BCUT2D eigenvalue weighted by Gasteiger charge is 2.33. The summed E-state index contributed by atoms with van der Waals surface area (Å²) in [7, 11) is 0. The van der Waals surface area contributed by atoms with Gasteiger partial charge in [-0.2, -0.15) is 0 Å². The molecule has 0 amide bonds. The highest BCUT2D eigenvalue weighted by molar-refractivity contribution is 6.20. The minimum absolute atomic E-state index is 0.211. The Morgan fingerprint density at radius 2 is 1.65 bits per heavy atom. The molecule has 2 unspecified atom stereocenters. The zero-order chi connectivity index (χ0) is 14.0. The molecule has 1 nitrogen and oxygen atoms in total. The van der Waals surface area contributed by atoms with Gasteiger partial charge in [-0.05, 0) is 36.5 Å². The first-order chi connectivity index (χ1) is 9.67. The van der Waals surface area contributed by atoms with Crippen molar-refractivity contribution in [2.45, 2.75) is 30.7 Å². The molecule has 0 radical (unpaired) electrons. The summed E-state index contributed by atoms with van der Waals surface area (Å²) in [5.41, 5.74) is 3.43. The van der Waals surface area contributed by atoms with Crippen molar-refractivity contribution in [3.05, 3.63) is 60.2 Å². The second kappa shape index (κ2) is 5.59. The number of rotatable bonds is 2. The first-order valence-corrected chi connectivity index (χ1v) is 7.55. The van der Waals surface area contributed by atoms with E-state index in [1.54, 1.807) is 0 Å². The van der Waals surface area contributed by atoms with Gasteiger partial charge in [0, 0.05) is 12.0 Å². The van der Waals surface area contributed by atoms with Gasteiger partial charge in [0.1, 0.15) is 0 Å². The van der Waals surface area contributed by atoms with Crippen LogP contribution in [0.1, 0.15) is 25.3 Å². The zero-order valence-corrected chi connectivity index (χ0v) is 12.4. The molecule has 2 atom stereocenters. The van der Waals surface area contributed by atoms with E-state index < -0.39 is 0 Å². The highest BCUT2D eigenvalue weighted by Crippen LogP contribution is 2.37. The summed E-state index contributed by atoms with van der Waals surface area (Å²) < 4.78 is 5.98. The van der Waals surface area contributed by atoms with E-state index in [9.17, 15) is 0 Å². The Morgan fingerprint density at radius 3 is 2.30 bits per heavy atom. The molecule has 104 valence electrons. The summed E-state index contributed by atoms with van der Waals surface area (Å²) in [6.45, 7) is 2.88. The third kappa shape index (κ3) is 2.74. The van der Waals surface area contributed by atoms with Gasteiger partial charge in [-0.25, -0.2) is 0 Å². The summed E-state index contributed by atoms with van der Waals surface area (Å²) in [4.78, 5) is 0. The summed E-state index contributed by atoms with van der Waals surface area (Å²) in [6.07, 6.45) is 1.82. The molecule has 0 N–H and O–H groups in total. The van der Waals surface area contributed by atoms with E-state index in [0.29, 0.717) is 0 Å². The smallest absolute Gasteiger partial charge is 0.0917 e. The number of alkyl halides is 1. The minimum Gasteiger partial charge on any atom is -0.370 e. The van der Waals surface area contributed by atoms with Crippen LogP contribution >= 0.6 is 11.6 Å². The lowest BCUT2D eigenvalue weighted by molar-refractivity contribution is -0.0683. The van der Waals surface area contributed by atoms with E-state index in [2.05, 4.69) is 55.5 Å². The average Bonchev–Trinajstić information content (AvgIpc) is 2.48. The molecule has 0 aromatic heterocycles. The third-order valence-corrected chi connectivity index (χ3v) is 4.44. The second-order valence-corrected chi connectivity index (χ2v) is 6.23. The Bertz CT molecular complexity index is 564. The van der Waals surface area contributed by atoms with E-state index in [1.165, 1.54) is 16.7 Å². The Balaban J connectivity index is 1.86. The maximum atomic E-state index is 6.30. The quantitative estimate of drug-likeness (QED) is 0.707. The maximum absolute atomic E-state index is 6.30. The fraction of sp³-hybridized carbons (Fsp3) is 0.333. The van der Waals surface area contributed by atoms with Crippen LogP contribution < -0.4 is 0 Å². The van der Waals surface area contributed by atoms with Crippen molar-refractivity contribution in [1.82, 2.24) is 0 Å². The number of hydrogen-bond acceptors (Lipinski definition) is 1. The number of ether oxygens (including phenoxy) is 1. The Morgan fingerprint density at radius 1 is 1.00 bits per heavy atom. The molecule has 1 fully saturated rings. The first-order valence-electron chi connectivity index (χ1n) is 7.11. The van der Waals surface area contributed by atoms with E-state index in [4.69, 9.17) is 16.3 Å². The molecular weight excluding hydrogens is 268 g/mol. The van der Waals surface area contributed by atoms with Gasteiger partial charge in [0.2, 0.25) is 0 Å². The molecule has 1 heterocycles. The molecule has 2 aromatic rings. The summed E-state index contributed by atoms with van der Waals surface area (Å²) in [6, 6.07) is 19.1. The highest BCUT2D eigenvalue weighted by atomic mass is 35.5. The van der Waals surface area contributed by atoms with E-state index in [0.717, 1.165) is 19.4 Å². The fourth-order valence-corrected chi connectivity index (χ4v) is 3.23. The van der Waals surface area contributed by atoms with Crippen LogP contribution in [0, 0.1) is 0 Å². The largest absolute Gasteiger partial charge is 0.370 e. The van der Waals surface area contributed by atoms with Crippen LogP contribution in [-0.2, 0) is 10.3 Å². The Hall–Kier alpha value is -1.31. The maximum Gasteiger partial charge on any atom is 0.0917 e. The molecule has 2 aromatic carbocycles. The molecule has 1 aliphatic heterocycles. The van der Waals surface area contributed by atoms with Crippen LogP contribution in [-0.4, -0.2) is 12.0 Å². The average molecular weight is 287 g/mol. The van der Waals surface area contributed by atoms with Gasteiger partial charge < -0.3 is 4.74 Å². The van der Waals surface area contributed by atoms with Gasteiger partial charge in [0.25, 0.3) is 0 Å². The predicted molar refractivity (Wildman–Crippen MR) is 84.1 cm³/mol. The van der Waals surface area contributed by atoms with Crippen molar-refractivity contribution in [3.63, 3.8) is 0 Å². The topological polar surface area (TPSA) is 9.23 Å². The minimum atomic E-state index is -0.250. The molecule has 1 aliphatic rings. The van der Waals surface area contributed by atoms with Crippen LogP contribution in [0.5, 0.6) is 0 Å². The SMILES string of the molecule is CC1(c2ccc(-c3ccccc3)cc2)CC(Cl)CCO1. The van der Waals surface area contributed by atoms with Crippen molar-refractivity contribution in [2.75, 3.05) is 6.61 Å². The molecule has 3 rings (SSSR count). The molecule has 0 aliphatic carbocycles. The van der Waals surface area contributed by atoms with Crippen molar-refractivity contribution in [1.29, 1.82) is 0 Å². The standard InChI is InChI=1S/C18H19ClO/c1-18(13-17(19)11-12-20-18)16-9-7-15(8-10-16)14-5-3-2-4-6-14/h2-10,17H,11-13H2,1H3. The second-order valence-electron chi connectivity index (χ2n) is 5.61. The fourth-order valence-electron chi connectivity index (χ4n) is 2.84. The van der Waals surface area contributed by atoms with Crippen molar-refractivity contribution < 1.29 is 4.74 Å². The van der Waals surface area contributed by atoms with Gasteiger partial charge in [-0.15, -0.1) is 11.6 Å². The summed E-state index contributed by atoms with van der Waals surface area (Å²) in [5, 5.41) is 0.211. The molecule has 0 bridgehead atoms. The van der Waals surface area contributed by atoms with Crippen LogP contribution in [0.4, 0.5) is 0 Å². The molecule has 0 spiro atoms. The van der Waals surface area contributed by atoms with Crippen molar-refractivity contribution in [3.8, 4) is 11.1 Å². The van der Waals surface area contributed by atoms with E-state index in [1.807, 2.05) is 6.07 Å². The number of benzene rings is 2. The molecular formula is C18H19ClO. The Labute approximate surface area is 125 Å². The molecule has 0 saturated carbocycles. The normalized spacial score (nSPS) is 26.4. The molecule has 20 heavy (non-hydrogen) atoms. The lowest BCUT2D eigenvalue weighted by Gasteiger charge is -2.36.